The van der Waals surface area contributed by atoms with Crippen LogP contribution in [-0.4, -0.2) is 36.3 Å². The van der Waals surface area contributed by atoms with Gasteiger partial charge in [-0.1, -0.05) is 24.3 Å². The zero-order chi connectivity index (χ0) is 21.1. The lowest BCUT2D eigenvalue weighted by Crippen LogP contribution is -2.41. The third kappa shape index (κ3) is 4.10. The molecule has 0 spiro atoms. The summed E-state index contributed by atoms with van der Waals surface area (Å²) in [6.45, 7) is 1.41. The van der Waals surface area contributed by atoms with Crippen molar-refractivity contribution >= 4 is 22.8 Å². The summed E-state index contributed by atoms with van der Waals surface area (Å²) in [5.41, 5.74) is 0.188. The Kier molecular flexibility index (Phi) is 5.61. The van der Waals surface area contributed by atoms with E-state index in [9.17, 15) is 18.8 Å². The van der Waals surface area contributed by atoms with Gasteiger partial charge in [0.1, 0.15) is 11.4 Å². The number of benzene rings is 2. The molecule has 0 unspecified atom stereocenters. The van der Waals surface area contributed by atoms with Gasteiger partial charge in [0.15, 0.2) is 11.2 Å². The molecular weight excluding hydrogens is 387 g/mol. The van der Waals surface area contributed by atoms with E-state index < -0.39 is 11.7 Å². The van der Waals surface area contributed by atoms with Gasteiger partial charge in [-0.2, -0.15) is 0 Å². The van der Waals surface area contributed by atoms with Crippen molar-refractivity contribution in [2.45, 2.75) is 12.8 Å². The number of para-hydroxylation sites is 1. The number of nitrogens with one attached hydrogen (secondary N) is 1. The Morgan fingerprint density at radius 2 is 1.77 bits per heavy atom. The van der Waals surface area contributed by atoms with Gasteiger partial charge in [0, 0.05) is 25.7 Å². The van der Waals surface area contributed by atoms with Gasteiger partial charge in [-0.15, -0.1) is 0 Å². The molecule has 1 N–H and O–H groups in total. The smallest absolute Gasteiger partial charge is 0.287 e. The molecule has 7 heteroatoms. The Bertz CT molecular complexity index is 1150. The predicted molar refractivity (Wildman–Crippen MR) is 110 cm³/mol. The van der Waals surface area contributed by atoms with Crippen LogP contribution in [0, 0.1) is 11.7 Å². The van der Waals surface area contributed by atoms with Crippen molar-refractivity contribution in [1.29, 1.82) is 0 Å². The number of likely N-dealkylation sites (tertiary alicyclic amines) is 1. The lowest BCUT2D eigenvalue weighted by atomic mass is 9.96. The van der Waals surface area contributed by atoms with Crippen molar-refractivity contribution in [3.63, 3.8) is 0 Å². The molecule has 1 saturated heterocycles. The monoisotopic (exact) mass is 408 g/mol. The van der Waals surface area contributed by atoms with Crippen LogP contribution in [0.25, 0.3) is 11.0 Å². The van der Waals surface area contributed by atoms with Gasteiger partial charge in [0.25, 0.3) is 11.8 Å². The molecule has 154 valence electrons. The highest BCUT2D eigenvalue weighted by molar-refractivity contribution is 5.94. The zero-order valence-electron chi connectivity index (χ0n) is 16.3. The molecule has 3 aromatic rings. The SMILES string of the molecule is O=C(NCC1CCN(C(=O)c2ccccc2F)CC1)c1cc(=O)c2ccccc2o1. The van der Waals surface area contributed by atoms with Crippen LogP contribution in [0.4, 0.5) is 4.39 Å². The van der Waals surface area contributed by atoms with Crippen LogP contribution in [0.3, 0.4) is 0 Å². The largest absolute Gasteiger partial charge is 0.451 e. The van der Waals surface area contributed by atoms with Crippen molar-refractivity contribution in [3.05, 3.63) is 82.0 Å². The van der Waals surface area contributed by atoms with Crippen molar-refractivity contribution in [1.82, 2.24) is 10.2 Å². The van der Waals surface area contributed by atoms with E-state index >= 15 is 0 Å². The van der Waals surface area contributed by atoms with E-state index in [1.54, 1.807) is 41.3 Å². The highest BCUT2D eigenvalue weighted by Gasteiger charge is 2.25. The van der Waals surface area contributed by atoms with E-state index in [2.05, 4.69) is 5.32 Å². The van der Waals surface area contributed by atoms with Crippen LogP contribution in [0.5, 0.6) is 0 Å². The Hall–Kier alpha value is -3.48. The van der Waals surface area contributed by atoms with E-state index in [1.165, 1.54) is 18.2 Å². The van der Waals surface area contributed by atoms with Gasteiger partial charge in [0.2, 0.25) is 0 Å². The lowest BCUT2D eigenvalue weighted by molar-refractivity contribution is 0.0679. The number of nitrogens with zero attached hydrogens (tertiary/aromatic N) is 1. The first-order valence-corrected chi connectivity index (χ1v) is 9.88. The van der Waals surface area contributed by atoms with Gasteiger partial charge in [0.05, 0.1) is 10.9 Å². The summed E-state index contributed by atoms with van der Waals surface area (Å²) in [5.74, 6) is -1.11. The maximum absolute atomic E-state index is 13.8. The second kappa shape index (κ2) is 8.49. The molecule has 1 aliphatic heterocycles. The highest BCUT2D eigenvalue weighted by Crippen LogP contribution is 2.20. The second-order valence-corrected chi connectivity index (χ2v) is 7.40. The minimum atomic E-state index is -0.520. The van der Waals surface area contributed by atoms with E-state index in [4.69, 9.17) is 4.42 Å². The van der Waals surface area contributed by atoms with Crippen LogP contribution in [-0.2, 0) is 0 Å². The van der Waals surface area contributed by atoms with Crippen molar-refractivity contribution in [3.8, 4) is 0 Å². The average Bonchev–Trinajstić information content (AvgIpc) is 2.77. The van der Waals surface area contributed by atoms with E-state index in [-0.39, 0.29) is 28.6 Å². The van der Waals surface area contributed by atoms with Crippen LogP contribution < -0.4 is 10.7 Å². The summed E-state index contributed by atoms with van der Waals surface area (Å²) in [5, 5.41) is 3.24. The number of fused-ring (bicyclic) bond motifs is 1. The molecule has 2 amide bonds. The number of hydrogen-bond acceptors (Lipinski definition) is 4. The Balaban J connectivity index is 1.33. The van der Waals surface area contributed by atoms with Crippen LogP contribution in [0.2, 0.25) is 0 Å². The number of halogens is 1. The summed E-state index contributed by atoms with van der Waals surface area (Å²) in [7, 11) is 0. The molecule has 0 radical (unpaired) electrons. The molecule has 1 aromatic heterocycles. The highest BCUT2D eigenvalue weighted by atomic mass is 19.1. The molecule has 0 atom stereocenters. The molecule has 1 fully saturated rings. The number of carbonyl (C=O) groups excluding carboxylic acids is 2. The Morgan fingerprint density at radius 3 is 2.53 bits per heavy atom. The molecule has 6 nitrogen and oxygen atoms in total. The summed E-state index contributed by atoms with van der Waals surface area (Å²) in [4.78, 5) is 38.7. The topological polar surface area (TPSA) is 79.6 Å². The number of rotatable bonds is 4. The number of carbonyl (C=O) groups is 2. The fraction of sp³-hybridized carbons (Fsp3) is 0.261. The molecule has 0 aliphatic carbocycles. The molecule has 4 rings (SSSR count). The van der Waals surface area contributed by atoms with Crippen molar-refractivity contribution < 1.29 is 18.4 Å². The summed E-state index contributed by atoms with van der Waals surface area (Å²) >= 11 is 0. The summed E-state index contributed by atoms with van der Waals surface area (Å²) in [6.07, 6.45) is 1.39. The van der Waals surface area contributed by atoms with Gasteiger partial charge in [-0.25, -0.2) is 4.39 Å². The second-order valence-electron chi connectivity index (χ2n) is 7.40. The third-order valence-corrected chi connectivity index (χ3v) is 5.42. The van der Waals surface area contributed by atoms with Crippen molar-refractivity contribution in [2.75, 3.05) is 19.6 Å². The Labute approximate surface area is 172 Å². The van der Waals surface area contributed by atoms with Gasteiger partial charge < -0.3 is 14.6 Å². The summed E-state index contributed by atoms with van der Waals surface area (Å²) in [6, 6.07) is 13.9. The van der Waals surface area contributed by atoms with Crippen molar-refractivity contribution in [2.24, 2.45) is 5.92 Å². The van der Waals surface area contributed by atoms with Crippen LogP contribution in [0.1, 0.15) is 33.8 Å². The first-order valence-electron chi connectivity index (χ1n) is 9.88. The van der Waals surface area contributed by atoms with Crippen LogP contribution >= 0.6 is 0 Å². The first-order chi connectivity index (χ1) is 14.5. The summed E-state index contributed by atoms with van der Waals surface area (Å²) < 4.78 is 19.4. The minimum absolute atomic E-state index is 0.0223. The lowest BCUT2D eigenvalue weighted by Gasteiger charge is -2.32. The van der Waals surface area contributed by atoms with E-state index in [0.717, 1.165) is 0 Å². The molecular formula is C23H21FN2O4. The maximum atomic E-state index is 13.8. The quantitative estimate of drug-likeness (QED) is 0.719. The molecule has 2 aromatic carbocycles. The maximum Gasteiger partial charge on any atom is 0.287 e. The normalized spacial score (nSPS) is 14.6. The number of amides is 2. The molecule has 30 heavy (non-hydrogen) atoms. The predicted octanol–water partition coefficient (Wildman–Crippen LogP) is 3.21. The van der Waals surface area contributed by atoms with Gasteiger partial charge in [-0.3, -0.25) is 14.4 Å². The Morgan fingerprint density at radius 1 is 1.07 bits per heavy atom. The standard InChI is InChI=1S/C23H21FN2O4/c24-18-7-3-1-5-16(18)23(29)26-11-9-15(10-12-26)14-25-22(28)21-13-19(27)17-6-2-4-8-20(17)30-21/h1-8,13,15H,9-12,14H2,(H,25,28). The number of hydrogen-bond donors (Lipinski definition) is 1. The molecule has 0 bridgehead atoms. The first kappa shape index (κ1) is 19.8. The fourth-order valence-corrected chi connectivity index (χ4v) is 3.69. The van der Waals surface area contributed by atoms with Gasteiger partial charge >= 0.3 is 0 Å². The van der Waals surface area contributed by atoms with E-state index in [0.29, 0.717) is 43.4 Å². The number of piperidine rings is 1. The molecule has 2 heterocycles. The average molecular weight is 408 g/mol. The molecule has 0 saturated carbocycles. The van der Waals surface area contributed by atoms with E-state index in [1.807, 2.05) is 0 Å². The minimum Gasteiger partial charge on any atom is -0.451 e. The van der Waals surface area contributed by atoms with Gasteiger partial charge in [-0.05, 0) is 43.0 Å². The molecule has 1 aliphatic rings. The third-order valence-electron chi connectivity index (χ3n) is 5.42. The zero-order valence-corrected chi connectivity index (χ0v) is 16.3. The fourth-order valence-electron chi connectivity index (χ4n) is 3.69. The van der Waals surface area contributed by atoms with Crippen LogP contribution in [0.15, 0.2) is 63.8 Å².